The number of aryl methyl sites for hydroxylation is 2. The van der Waals surface area contributed by atoms with Gasteiger partial charge in [-0.05, 0) is 45.2 Å². The average molecular weight is 400 g/mol. The lowest BCUT2D eigenvalue weighted by atomic mass is 10.2. The van der Waals surface area contributed by atoms with Gasteiger partial charge in [-0.1, -0.05) is 18.2 Å². The molecule has 0 unspecified atom stereocenters. The maximum atomic E-state index is 12.6. The number of hydrogen-bond acceptors (Lipinski definition) is 4. The van der Waals surface area contributed by atoms with Crippen LogP contribution in [0.5, 0.6) is 0 Å². The summed E-state index contributed by atoms with van der Waals surface area (Å²) in [6.45, 7) is 9.03. The van der Waals surface area contributed by atoms with Crippen molar-refractivity contribution in [3.63, 3.8) is 0 Å². The van der Waals surface area contributed by atoms with E-state index in [1.54, 1.807) is 11.3 Å². The molecule has 0 aliphatic carbocycles. The summed E-state index contributed by atoms with van der Waals surface area (Å²) >= 11 is 1.69. The van der Waals surface area contributed by atoms with Crippen LogP contribution < -0.4 is 15.5 Å². The maximum absolute atomic E-state index is 12.6. The maximum Gasteiger partial charge on any atom is 0.227 e. The van der Waals surface area contributed by atoms with Crippen molar-refractivity contribution in [1.82, 2.24) is 15.6 Å². The number of benzene rings is 1. The van der Waals surface area contributed by atoms with Crippen LogP contribution in [0.1, 0.15) is 40.9 Å². The zero-order valence-corrected chi connectivity index (χ0v) is 17.7. The van der Waals surface area contributed by atoms with Gasteiger partial charge in [0.25, 0.3) is 0 Å². The van der Waals surface area contributed by atoms with Gasteiger partial charge in [-0.15, -0.1) is 11.3 Å². The Labute approximate surface area is 171 Å². The molecule has 0 atom stereocenters. The van der Waals surface area contributed by atoms with Crippen molar-refractivity contribution >= 4 is 28.9 Å². The molecule has 2 heterocycles. The van der Waals surface area contributed by atoms with Crippen molar-refractivity contribution in [3.8, 4) is 0 Å². The summed E-state index contributed by atoms with van der Waals surface area (Å²) in [5.41, 5.74) is 3.40. The van der Waals surface area contributed by atoms with Crippen LogP contribution in [0, 0.1) is 13.8 Å². The number of carbonyl (C=O) groups excluding carboxylic acids is 1. The quantitative estimate of drug-likeness (QED) is 0.426. The Balaban J connectivity index is 1.46. The summed E-state index contributed by atoms with van der Waals surface area (Å²) in [4.78, 5) is 24.8. The fourth-order valence-corrected chi connectivity index (χ4v) is 4.25. The Morgan fingerprint density at radius 3 is 2.86 bits per heavy atom. The summed E-state index contributed by atoms with van der Waals surface area (Å²) in [6, 6.07) is 8.18. The van der Waals surface area contributed by atoms with Gasteiger partial charge in [-0.3, -0.25) is 4.79 Å². The van der Waals surface area contributed by atoms with Crippen molar-refractivity contribution in [2.45, 2.75) is 46.6 Å². The van der Waals surface area contributed by atoms with Crippen LogP contribution in [0.25, 0.3) is 0 Å². The fourth-order valence-electron chi connectivity index (χ4n) is 3.39. The number of hydrogen-bond donors (Lipinski definition) is 2. The van der Waals surface area contributed by atoms with Crippen molar-refractivity contribution in [1.29, 1.82) is 0 Å². The van der Waals surface area contributed by atoms with Gasteiger partial charge in [0.05, 0.1) is 17.2 Å². The SMILES string of the molecule is CCNC(=NCc1sc(C)nc1C)NCCCC(=O)N1CCc2ccccc21. The second-order valence-corrected chi connectivity index (χ2v) is 8.18. The minimum atomic E-state index is 0.199. The third-order valence-electron chi connectivity index (χ3n) is 4.77. The molecule has 1 aromatic carbocycles. The van der Waals surface area contributed by atoms with Crippen LogP contribution >= 0.6 is 11.3 Å². The molecular formula is C21H29N5OS. The number of nitrogens with one attached hydrogen (secondary N) is 2. The summed E-state index contributed by atoms with van der Waals surface area (Å²) in [6.07, 6.45) is 2.27. The number of aromatic nitrogens is 1. The third kappa shape index (κ3) is 5.10. The molecule has 1 amide bonds. The number of rotatable bonds is 7. The second kappa shape index (κ2) is 9.68. The molecule has 0 radical (unpaired) electrons. The Hall–Kier alpha value is -2.41. The highest BCUT2D eigenvalue weighted by Gasteiger charge is 2.23. The van der Waals surface area contributed by atoms with Crippen LogP contribution in [-0.2, 0) is 17.8 Å². The Bertz CT molecular complexity index is 845. The van der Waals surface area contributed by atoms with E-state index in [9.17, 15) is 4.79 Å². The van der Waals surface area contributed by atoms with Crippen molar-refractivity contribution in [2.24, 2.45) is 4.99 Å². The topological polar surface area (TPSA) is 69.6 Å². The zero-order chi connectivity index (χ0) is 19.9. The lowest BCUT2D eigenvalue weighted by molar-refractivity contribution is -0.118. The molecule has 0 bridgehead atoms. The summed E-state index contributed by atoms with van der Waals surface area (Å²) < 4.78 is 0. The Morgan fingerprint density at radius 2 is 2.11 bits per heavy atom. The van der Waals surface area contributed by atoms with E-state index in [0.717, 1.165) is 48.3 Å². The van der Waals surface area contributed by atoms with Crippen molar-refractivity contribution < 1.29 is 4.79 Å². The van der Waals surface area contributed by atoms with Crippen LogP contribution in [-0.4, -0.2) is 36.5 Å². The third-order valence-corrected chi connectivity index (χ3v) is 5.83. The van der Waals surface area contributed by atoms with Gasteiger partial charge >= 0.3 is 0 Å². The minimum Gasteiger partial charge on any atom is -0.357 e. The first-order valence-electron chi connectivity index (χ1n) is 9.92. The molecule has 1 aliphatic rings. The van der Waals surface area contributed by atoms with Gasteiger partial charge in [0.2, 0.25) is 5.91 Å². The smallest absolute Gasteiger partial charge is 0.227 e. The number of carbonyl (C=O) groups is 1. The number of fused-ring (bicyclic) bond motifs is 1. The molecule has 0 fully saturated rings. The van der Waals surface area contributed by atoms with Gasteiger partial charge in [-0.2, -0.15) is 0 Å². The van der Waals surface area contributed by atoms with Crippen molar-refractivity contribution in [2.75, 3.05) is 24.5 Å². The second-order valence-electron chi connectivity index (χ2n) is 6.89. The minimum absolute atomic E-state index is 0.199. The van der Waals surface area contributed by atoms with Crippen LogP contribution in [0.3, 0.4) is 0 Å². The van der Waals surface area contributed by atoms with Crippen LogP contribution in [0.2, 0.25) is 0 Å². The first-order chi connectivity index (χ1) is 13.6. The zero-order valence-electron chi connectivity index (χ0n) is 16.9. The molecular weight excluding hydrogens is 370 g/mol. The molecule has 6 nitrogen and oxygen atoms in total. The highest BCUT2D eigenvalue weighted by atomic mass is 32.1. The van der Waals surface area contributed by atoms with E-state index in [0.29, 0.717) is 19.5 Å². The number of guanidine groups is 1. The molecule has 28 heavy (non-hydrogen) atoms. The van der Waals surface area contributed by atoms with Crippen LogP contribution in [0.15, 0.2) is 29.3 Å². The van der Waals surface area contributed by atoms with E-state index in [1.165, 1.54) is 10.4 Å². The number of amides is 1. The lowest BCUT2D eigenvalue weighted by Gasteiger charge is -2.17. The van der Waals surface area contributed by atoms with E-state index in [1.807, 2.05) is 43.9 Å². The van der Waals surface area contributed by atoms with E-state index >= 15 is 0 Å². The lowest BCUT2D eigenvalue weighted by Crippen LogP contribution is -2.38. The van der Waals surface area contributed by atoms with E-state index in [2.05, 4.69) is 26.7 Å². The fraction of sp³-hybridized carbons (Fsp3) is 0.476. The molecule has 1 aromatic heterocycles. The Morgan fingerprint density at radius 1 is 1.29 bits per heavy atom. The van der Waals surface area contributed by atoms with E-state index in [4.69, 9.17) is 0 Å². The van der Waals surface area contributed by atoms with Crippen molar-refractivity contribution in [3.05, 3.63) is 45.4 Å². The number of thiazole rings is 1. The number of nitrogens with zero attached hydrogens (tertiary/aromatic N) is 3. The monoisotopic (exact) mass is 399 g/mol. The summed E-state index contributed by atoms with van der Waals surface area (Å²) in [5, 5.41) is 7.67. The van der Waals surface area contributed by atoms with E-state index in [-0.39, 0.29) is 5.91 Å². The van der Waals surface area contributed by atoms with E-state index < -0.39 is 0 Å². The molecule has 150 valence electrons. The number of aliphatic imine (C=N–C) groups is 1. The largest absolute Gasteiger partial charge is 0.357 e. The normalized spacial score (nSPS) is 13.5. The molecule has 2 N–H and O–H groups in total. The highest BCUT2D eigenvalue weighted by Crippen LogP contribution is 2.28. The van der Waals surface area contributed by atoms with Gasteiger partial charge in [0.15, 0.2) is 5.96 Å². The average Bonchev–Trinajstić information content (AvgIpc) is 3.25. The predicted octanol–water partition coefficient (Wildman–Crippen LogP) is 3.18. The summed E-state index contributed by atoms with van der Waals surface area (Å²) in [5.74, 6) is 0.983. The molecule has 0 spiro atoms. The standard InChI is InChI=1S/C21H29N5OS/c1-4-22-21(24-14-19-15(2)25-16(3)28-19)23-12-7-10-20(27)26-13-11-17-8-5-6-9-18(17)26/h5-6,8-9H,4,7,10-14H2,1-3H3,(H2,22,23,24). The first-order valence-corrected chi connectivity index (χ1v) is 10.7. The predicted molar refractivity (Wildman–Crippen MR) is 116 cm³/mol. The number of anilines is 1. The molecule has 0 saturated heterocycles. The van der Waals surface area contributed by atoms with Gasteiger partial charge < -0.3 is 15.5 Å². The number of para-hydroxylation sites is 1. The Kier molecular flexibility index (Phi) is 7.03. The van der Waals surface area contributed by atoms with Crippen LogP contribution in [0.4, 0.5) is 5.69 Å². The summed E-state index contributed by atoms with van der Waals surface area (Å²) in [7, 11) is 0. The van der Waals surface area contributed by atoms with Gasteiger partial charge in [-0.25, -0.2) is 9.98 Å². The molecule has 1 aliphatic heterocycles. The van der Waals surface area contributed by atoms with Gasteiger partial charge in [0, 0.05) is 36.6 Å². The highest BCUT2D eigenvalue weighted by molar-refractivity contribution is 7.11. The van der Waals surface area contributed by atoms with Gasteiger partial charge in [0.1, 0.15) is 0 Å². The molecule has 7 heteroatoms. The molecule has 0 saturated carbocycles. The molecule has 3 rings (SSSR count). The molecule has 2 aromatic rings. The first kappa shape index (κ1) is 20.3.